The molecule has 1 aliphatic rings. The van der Waals surface area contributed by atoms with Crippen LogP contribution >= 0.6 is 22.9 Å². The lowest BCUT2D eigenvalue weighted by molar-refractivity contribution is -0.917. The molecule has 1 saturated heterocycles. The van der Waals surface area contributed by atoms with Gasteiger partial charge in [0, 0.05) is 22.9 Å². The first-order valence-corrected chi connectivity index (χ1v) is 8.67. The fraction of sp³-hybridized carbons (Fsp3) is 0.375. The molecule has 1 amide bonds. The van der Waals surface area contributed by atoms with Gasteiger partial charge in [-0.1, -0.05) is 23.7 Å². The molecule has 0 saturated carbocycles. The molecule has 1 fully saturated rings. The van der Waals surface area contributed by atoms with Crippen LogP contribution in [0.25, 0.3) is 10.6 Å². The third-order valence-electron chi connectivity index (χ3n) is 3.99. The maximum Gasteiger partial charge on any atom is 0.219 e. The van der Waals surface area contributed by atoms with E-state index in [0.717, 1.165) is 54.0 Å². The lowest BCUT2D eigenvalue weighted by atomic mass is 10.2. The van der Waals surface area contributed by atoms with Crippen molar-refractivity contribution in [3.8, 4) is 10.6 Å². The van der Waals surface area contributed by atoms with Crippen LogP contribution in [0.3, 0.4) is 0 Å². The Morgan fingerprint density at radius 3 is 2.64 bits per heavy atom. The molecule has 2 heterocycles. The monoisotopic (exact) mass is 336 g/mol. The molecule has 0 bridgehead atoms. The SMILES string of the molecule is CC(=O)N1CC[NH+](Cc2csc(-c3ccc(Cl)cc3)n2)CC1. The average Bonchev–Trinajstić information content (AvgIpc) is 2.97. The minimum atomic E-state index is 0.178. The zero-order valence-corrected chi connectivity index (χ0v) is 14.1. The van der Waals surface area contributed by atoms with Crippen molar-refractivity contribution in [3.63, 3.8) is 0 Å². The number of hydrogen-bond donors (Lipinski definition) is 1. The van der Waals surface area contributed by atoms with Crippen LogP contribution < -0.4 is 4.90 Å². The molecule has 4 nitrogen and oxygen atoms in total. The summed E-state index contributed by atoms with van der Waals surface area (Å²) in [6.45, 7) is 6.25. The molecule has 6 heteroatoms. The summed E-state index contributed by atoms with van der Waals surface area (Å²) in [5, 5.41) is 3.91. The number of benzene rings is 1. The number of hydrogen-bond acceptors (Lipinski definition) is 3. The molecular formula is C16H19ClN3OS+. The molecule has 0 radical (unpaired) electrons. The highest BCUT2D eigenvalue weighted by Gasteiger charge is 2.22. The second-order valence-electron chi connectivity index (χ2n) is 5.58. The van der Waals surface area contributed by atoms with Crippen LogP contribution in [-0.2, 0) is 11.3 Å². The first-order chi connectivity index (χ1) is 10.6. The van der Waals surface area contributed by atoms with Gasteiger partial charge in [0.1, 0.15) is 17.2 Å². The number of halogens is 1. The highest BCUT2D eigenvalue weighted by molar-refractivity contribution is 7.13. The van der Waals surface area contributed by atoms with Crippen molar-refractivity contribution < 1.29 is 9.69 Å². The van der Waals surface area contributed by atoms with E-state index < -0.39 is 0 Å². The Morgan fingerprint density at radius 1 is 1.32 bits per heavy atom. The molecule has 1 aromatic heterocycles. The van der Waals surface area contributed by atoms with Crippen molar-refractivity contribution in [2.45, 2.75) is 13.5 Å². The number of piperazine rings is 1. The summed E-state index contributed by atoms with van der Waals surface area (Å²) in [5.41, 5.74) is 2.23. The summed E-state index contributed by atoms with van der Waals surface area (Å²) in [6.07, 6.45) is 0. The van der Waals surface area contributed by atoms with Gasteiger partial charge in [0.2, 0.25) is 5.91 Å². The van der Waals surface area contributed by atoms with E-state index in [0.29, 0.717) is 0 Å². The van der Waals surface area contributed by atoms with Crippen LogP contribution in [-0.4, -0.2) is 42.0 Å². The molecule has 2 aromatic rings. The van der Waals surface area contributed by atoms with E-state index in [2.05, 4.69) is 5.38 Å². The van der Waals surface area contributed by atoms with Crippen molar-refractivity contribution in [2.24, 2.45) is 0 Å². The van der Waals surface area contributed by atoms with Crippen molar-refractivity contribution in [1.82, 2.24) is 9.88 Å². The standard InChI is InChI=1S/C16H18ClN3OS/c1-12(21)20-8-6-19(7-9-20)10-15-11-22-16(18-15)13-2-4-14(17)5-3-13/h2-5,11H,6-10H2,1H3/p+1. The Bertz CT molecular complexity index is 648. The molecule has 22 heavy (non-hydrogen) atoms. The van der Waals surface area contributed by atoms with E-state index in [9.17, 15) is 4.79 Å². The van der Waals surface area contributed by atoms with Crippen molar-refractivity contribution in [2.75, 3.05) is 26.2 Å². The number of rotatable bonds is 3. The lowest BCUT2D eigenvalue weighted by Gasteiger charge is -2.31. The van der Waals surface area contributed by atoms with Gasteiger partial charge < -0.3 is 9.80 Å². The Kier molecular flexibility index (Phi) is 4.76. The van der Waals surface area contributed by atoms with Gasteiger partial charge in [0.15, 0.2) is 0 Å². The van der Waals surface area contributed by atoms with E-state index in [1.165, 1.54) is 4.90 Å². The molecule has 116 valence electrons. The number of nitrogens with one attached hydrogen (secondary N) is 1. The summed E-state index contributed by atoms with van der Waals surface area (Å²) in [5.74, 6) is 0.178. The highest BCUT2D eigenvalue weighted by Crippen LogP contribution is 2.24. The average molecular weight is 337 g/mol. The predicted octanol–water partition coefficient (Wildman–Crippen LogP) is 1.71. The molecular weight excluding hydrogens is 318 g/mol. The van der Waals surface area contributed by atoms with E-state index >= 15 is 0 Å². The first-order valence-electron chi connectivity index (χ1n) is 7.41. The highest BCUT2D eigenvalue weighted by atomic mass is 35.5. The number of nitrogens with zero attached hydrogens (tertiary/aromatic N) is 2. The Morgan fingerprint density at radius 2 is 2.00 bits per heavy atom. The third-order valence-corrected chi connectivity index (χ3v) is 5.18. The topological polar surface area (TPSA) is 37.6 Å². The van der Waals surface area contributed by atoms with Gasteiger partial charge in [0.05, 0.1) is 26.2 Å². The summed E-state index contributed by atoms with van der Waals surface area (Å²) < 4.78 is 0. The van der Waals surface area contributed by atoms with Crippen LogP contribution in [0.1, 0.15) is 12.6 Å². The molecule has 0 unspecified atom stereocenters. The maximum atomic E-state index is 11.3. The fourth-order valence-electron chi connectivity index (χ4n) is 2.68. The molecule has 0 aliphatic carbocycles. The van der Waals surface area contributed by atoms with Crippen LogP contribution in [0.2, 0.25) is 5.02 Å². The number of thiazole rings is 1. The van der Waals surface area contributed by atoms with Crippen LogP contribution in [0, 0.1) is 0 Å². The number of carbonyl (C=O) groups excluding carboxylic acids is 1. The molecule has 0 atom stereocenters. The third kappa shape index (κ3) is 3.66. The molecule has 3 rings (SSSR count). The molecule has 0 spiro atoms. The Hall–Kier alpha value is -1.43. The van der Waals surface area contributed by atoms with Crippen LogP contribution in [0.5, 0.6) is 0 Å². The van der Waals surface area contributed by atoms with Gasteiger partial charge in [-0.15, -0.1) is 11.3 Å². The largest absolute Gasteiger partial charge is 0.332 e. The van der Waals surface area contributed by atoms with Gasteiger partial charge >= 0.3 is 0 Å². The zero-order valence-electron chi connectivity index (χ0n) is 12.5. The van der Waals surface area contributed by atoms with Gasteiger partial charge in [-0.3, -0.25) is 4.79 Å². The van der Waals surface area contributed by atoms with Gasteiger partial charge in [-0.25, -0.2) is 4.98 Å². The normalized spacial score (nSPS) is 16.0. The zero-order chi connectivity index (χ0) is 15.5. The second-order valence-corrected chi connectivity index (χ2v) is 6.88. The second kappa shape index (κ2) is 6.77. The van der Waals surface area contributed by atoms with Crippen LogP contribution in [0.4, 0.5) is 0 Å². The van der Waals surface area contributed by atoms with Gasteiger partial charge in [-0.2, -0.15) is 0 Å². The number of amides is 1. The summed E-state index contributed by atoms with van der Waals surface area (Å²) in [7, 11) is 0. The van der Waals surface area contributed by atoms with Crippen molar-refractivity contribution in [1.29, 1.82) is 0 Å². The summed E-state index contributed by atoms with van der Waals surface area (Å²) in [4.78, 5) is 19.5. The van der Waals surface area contributed by atoms with Crippen molar-refractivity contribution >= 4 is 28.8 Å². The summed E-state index contributed by atoms with van der Waals surface area (Å²) in [6, 6.07) is 7.79. The minimum Gasteiger partial charge on any atom is -0.332 e. The fourth-order valence-corrected chi connectivity index (χ4v) is 3.64. The van der Waals surface area contributed by atoms with E-state index in [-0.39, 0.29) is 5.91 Å². The quantitative estimate of drug-likeness (QED) is 0.926. The predicted molar refractivity (Wildman–Crippen MR) is 89.2 cm³/mol. The van der Waals surface area contributed by atoms with E-state index in [1.54, 1.807) is 18.3 Å². The molecule has 1 aromatic carbocycles. The first kappa shape index (κ1) is 15.5. The maximum absolute atomic E-state index is 11.3. The smallest absolute Gasteiger partial charge is 0.219 e. The van der Waals surface area contributed by atoms with Crippen LogP contribution in [0.15, 0.2) is 29.6 Å². The molecule has 1 N–H and O–H groups in total. The van der Waals surface area contributed by atoms with Crippen molar-refractivity contribution in [3.05, 3.63) is 40.4 Å². The van der Waals surface area contributed by atoms with Gasteiger partial charge in [0.25, 0.3) is 0 Å². The number of carbonyl (C=O) groups is 1. The Balaban J connectivity index is 1.60. The Labute approximate surface area is 139 Å². The summed E-state index contributed by atoms with van der Waals surface area (Å²) >= 11 is 7.59. The molecule has 1 aliphatic heterocycles. The lowest BCUT2D eigenvalue weighted by Crippen LogP contribution is -3.13. The minimum absolute atomic E-state index is 0.178. The van der Waals surface area contributed by atoms with Gasteiger partial charge in [-0.05, 0) is 12.1 Å². The van der Waals surface area contributed by atoms with E-state index in [1.807, 2.05) is 29.2 Å². The number of aromatic nitrogens is 1. The van der Waals surface area contributed by atoms with E-state index in [4.69, 9.17) is 16.6 Å². The number of quaternary nitrogens is 1.